The molecule has 3 aromatic heterocycles. The van der Waals surface area contributed by atoms with Gasteiger partial charge >= 0.3 is 5.63 Å². The summed E-state index contributed by atoms with van der Waals surface area (Å²) in [5.74, 6) is 0. The highest BCUT2D eigenvalue weighted by Gasteiger charge is 2.13. The minimum absolute atomic E-state index is 0.380. The fourth-order valence-electron chi connectivity index (χ4n) is 4.17. The number of imidazole rings is 1. The molecule has 5 rings (SSSR count). The second-order valence-corrected chi connectivity index (χ2v) is 8.41. The maximum absolute atomic E-state index is 12.8. The molecule has 0 aliphatic rings. The van der Waals surface area contributed by atoms with Crippen molar-refractivity contribution in [1.82, 2.24) is 19.7 Å². The molecular formula is C27H26N4O2. The molecule has 6 nitrogen and oxygen atoms in total. The molecule has 0 fully saturated rings. The van der Waals surface area contributed by atoms with Crippen LogP contribution < -0.4 is 10.9 Å². The first-order chi connectivity index (χ1) is 16.1. The molecule has 0 saturated heterocycles. The number of hydrogen-bond donors (Lipinski definition) is 1. The van der Waals surface area contributed by atoms with Crippen LogP contribution in [-0.4, -0.2) is 20.9 Å². The lowest BCUT2D eigenvalue weighted by Crippen LogP contribution is -2.15. The van der Waals surface area contributed by atoms with Crippen LogP contribution in [0.15, 0.2) is 76.2 Å². The van der Waals surface area contributed by atoms with Crippen molar-refractivity contribution in [2.75, 3.05) is 6.54 Å². The average molecular weight is 439 g/mol. The van der Waals surface area contributed by atoms with Crippen molar-refractivity contribution in [2.24, 2.45) is 0 Å². The van der Waals surface area contributed by atoms with Gasteiger partial charge in [-0.05, 0) is 56.5 Å². The van der Waals surface area contributed by atoms with Crippen molar-refractivity contribution >= 4 is 16.6 Å². The van der Waals surface area contributed by atoms with Gasteiger partial charge in [-0.25, -0.2) is 9.78 Å². The molecule has 166 valence electrons. The number of benzene rings is 2. The third-order valence-electron chi connectivity index (χ3n) is 5.79. The van der Waals surface area contributed by atoms with E-state index in [1.54, 1.807) is 0 Å². The van der Waals surface area contributed by atoms with E-state index in [1.165, 1.54) is 5.56 Å². The fourth-order valence-corrected chi connectivity index (χ4v) is 4.17. The Kier molecular flexibility index (Phi) is 5.75. The second-order valence-electron chi connectivity index (χ2n) is 8.41. The Hall–Kier alpha value is -3.77. The zero-order valence-corrected chi connectivity index (χ0v) is 18.8. The highest BCUT2D eigenvalue weighted by Crippen LogP contribution is 2.23. The summed E-state index contributed by atoms with van der Waals surface area (Å²) in [5.41, 5.74) is 6.19. The van der Waals surface area contributed by atoms with Crippen LogP contribution >= 0.6 is 0 Å². The summed E-state index contributed by atoms with van der Waals surface area (Å²) in [4.78, 5) is 21.8. The first kappa shape index (κ1) is 21.1. The van der Waals surface area contributed by atoms with Crippen LogP contribution in [0.5, 0.6) is 0 Å². The van der Waals surface area contributed by atoms with Crippen LogP contribution in [-0.2, 0) is 13.0 Å². The Morgan fingerprint density at radius 1 is 0.970 bits per heavy atom. The largest absolute Gasteiger partial charge is 0.422 e. The van der Waals surface area contributed by atoms with Crippen LogP contribution in [0.3, 0.4) is 0 Å². The van der Waals surface area contributed by atoms with E-state index >= 15 is 0 Å². The minimum Gasteiger partial charge on any atom is -0.422 e. The molecule has 5 aromatic rings. The minimum atomic E-state index is -0.380. The van der Waals surface area contributed by atoms with Crippen LogP contribution in [0.1, 0.15) is 28.9 Å². The number of fused-ring (bicyclic) bond motifs is 2. The summed E-state index contributed by atoms with van der Waals surface area (Å²) in [6.45, 7) is 5.65. The molecule has 0 unspecified atom stereocenters. The lowest BCUT2D eigenvalue weighted by Gasteiger charge is -2.06. The van der Waals surface area contributed by atoms with Crippen molar-refractivity contribution in [2.45, 2.75) is 33.2 Å². The van der Waals surface area contributed by atoms with E-state index in [-0.39, 0.29) is 5.63 Å². The number of nitrogens with one attached hydrogen (secondary N) is 1. The van der Waals surface area contributed by atoms with E-state index in [0.29, 0.717) is 16.8 Å². The highest BCUT2D eigenvalue weighted by atomic mass is 16.4. The van der Waals surface area contributed by atoms with Gasteiger partial charge in [-0.3, -0.25) is 4.98 Å². The van der Waals surface area contributed by atoms with Gasteiger partial charge in [0.25, 0.3) is 0 Å². The van der Waals surface area contributed by atoms with E-state index in [9.17, 15) is 4.79 Å². The van der Waals surface area contributed by atoms with Crippen LogP contribution in [0.4, 0.5) is 0 Å². The van der Waals surface area contributed by atoms with Crippen molar-refractivity contribution in [1.29, 1.82) is 0 Å². The van der Waals surface area contributed by atoms with Gasteiger partial charge < -0.3 is 14.1 Å². The number of nitrogens with zero attached hydrogens (tertiary/aromatic N) is 3. The summed E-state index contributed by atoms with van der Waals surface area (Å²) in [6, 6.07) is 18.3. The molecule has 1 N–H and O–H groups in total. The topological polar surface area (TPSA) is 72.4 Å². The van der Waals surface area contributed by atoms with Crippen molar-refractivity contribution in [3.05, 3.63) is 99.9 Å². The normalized spacial score (nSPS) is 11.5. The van der Waals surface area contributed by atoms with E-state index in [2.05, 4.69) is 45.6 Å². The highest BCUT2D eigenvalue weighted by molar-refractivity contribution is 5.81. The van der Waals surface area contributed by atoms with E-state index in [0.717, 1.165) is 53.9 Å². The average Bonchev–Trinajstić information content (AvgIpc) is 3.23. The van der Waals surface area contributed by atoms with Crippen LogP contribution in [0.2, 0.25) is 0 Å². The Balaban J connectivity index is 1.30. The molecule has 6 heteroatoms. The first-order valence-electron chi connectivity index (χ1n) is 11.2. The van der Waals surface area contributed by atoms with Gasteiger partial charge in [0.1, 0.15) is 5.58 Å². The monoisotopic (exact) mass is 438 g/mol. The van der Waals surface area contributed by atoms with Crippen molar-refractivity contribution in [3.8, 4) is 11.3 Å². The third kappa shape index (κ3) is 4.56. The van der Waals surface area contributed by atoms with Crippen molar-refractivity contribution in [3.63, 3.8) is 0 Å². The Morgan fingerprint density at radius 2 is 1.82 bits per heavy atom. The molecule has 0 amide bonds. The number of rotatable bonds is 7. The lowest BCUT2D eigenvalue weighted by atomic mass is 10.1. The summed E-state index contributed by atoms with van der Waals surface area (Å²) in [7, 11) is 0. The zero-order valence-electron chi connectivity index (χ0n) is 18.8. The van der Waals surface area contributed by atoms with E-state index in [1.807, 2.05) is 54.9 Å². The second kappa shape index (κ2) is 9.00. The predicted molar refractivity (Wildman–Crippen MR) is 130 cm³/mol. The van der Waals surface area contributed by atoms with Gasteiger partial charge in [0.2, 0.25) is 0 Å². The van der Waals surface area contributed by atoms with Gasteiger partial charge in [-0.2, -0.15) is 0 Å². The van der Waals surface area contributed by atoms with E-state index < -0.39 is 0 Å². The molecule has 0 saturated carbocycles. The smallest absolute Gasteiger partial charge is 0.345 e. The summed E-state index contributed by atoms with van der Waals surface area (Å²) in [5, 5.41) is 4.36. The number of aryl methyl sites for hydroxylation is 3. The van der Waals surface area contributed by atoms with Crippen LogP contribution in [0.25, 0.3) is 27.9 Å². The Labute approximate surface area is 191 Å². The molecule has 0 atom stereocenters. The van der Waals surface area contributed by atoms with Gasteiger partial charge in [0.05, 0.1) is 22.6 Å². The Bertz CT molecular complexity index is 1490. The summed E-state index contributed by atoms with van der Waals surface area (Å²) >= 11 is 0. The molecule has 0 spiro atoms. The molecule has 3 heterocycles. The molecule has 33 heavy (non-hydrogen) atoms. The molecule has 0 bridgehead atoms. The zero-order chi connectivity index (χ0) is 22.8. The standard InChI is InChI=1S/C27H26N4O2/c1-18-16-31-17-24(30-26(31)19(2)29-18)23-14-22-11-10-20(13-25(22)33-27(23)32)9-6-12-28-15-21-7-4-3-5-8-21/h3-5,7-8,10-11,13-14,16-17,28H,6,9,12,15H2,1-2H3. The number of aromatic nitrogens is 3. The van der Waals surface area contributed by atoms with Crippen molar-refractivity contribution < 1.29 is 4.42 Å². The molecule has 2 aromatic carbocycles. The first-order valence-corrected chi connectivity index (χ1v) is 11.2. The quantitative estimate of drug-likeness (QED) is 0.291. The Morgan fingerprint density at radius 3 is 2.67 bits per heavy atom. The van der Waals surface area contributed by atoms with Gasteiger partial charge in [0.15, 0.2) is 5.65 Å². The lowest BCUT2D eigenvalue weighted by molar-refractivity contribution is 0.562. The SMILES string of the molecule is Cc1cn2cc(-c3cc4ccc(CCCNCc5ccccc5)cc4oc3=O)nc2c(C)n1. The molecule has 0 radical (unpaired) electrons. The molecule has 0 aliphatic heterocycles. The maximum atomic E-state index is 12.8. The van der Waals surface area contributed by atoms with Gasteiger partial charge in [-0.1, -0.05) is 42.5 Å². The fraction of sp³-hybridized carbons (Fsp3) is 0.222. The predicted octanol–water partition coefficient (Wildman–Crippen LogP) is 4.84. The van der Waals surface area contributed by atoms with Crippen LogP contribution in [0, 0.1) is 13.8 Å². The van der Waals surface area contributed by atoms with Gasteiger partial charge in [0, 0.05) is 24.3 Å². The maximum Gasteiger partial charge on any atom is 0.345 e. The van der Waals surface area contributed by atoms with E-state index in [4.69, 9.17) is 4.42 Å². The number of hydrogen-bond acceptors (Lipinski definition) is 5. The molecule has 0 aliphatic carbocycles. The van der Waals surface area contributed by atoms with Gasteiger partial charge in [-0.15, -0.1) is 0 Å². The third-order valence-corrected chi connectivity index (χ3v) is 5.79. The summed E-state index contributed by atoms with van der Waals surface area (Å²) in [6.07, 6.45) is 5.68. The summed E-state index contributed by atoms with van der Waals surface area (Å²) < 4.78 is 7.60. The molecular weight excluding hydrogens is 412 g/mol.